The molecule has 0 aromatic rings. The van der Waals surface area contributed by atoms with Gasteiger partial charge < -0.3 is 5.11 Å². The number of hydrogen-bond acceptors (Lipinski definition) is 1. The van der Waals surface area contributed by atoms with Crippen molar-refractivity contribution in [2.45, 2.75) is 39.2 Å². The van der Waals surface area contributed by atoms with Crippen LogP contribution in [-0.2, 0) is 0 Å². The Morgan fingerprint density at radius 3 is 2.55 bits per heavy atom. The van der Waals surface area contributed by atoms with Gasteiger partial charge >= 0.3 is 0 Å². The van der Waals surface area contributed by atoms with E-state index in [0.29, 0.717) is 6.42 Å². The lowest BCUT2D eigenvalue weighted by Gasteiger charge is -2.13. The van der Waals surface area contributed by atoms with Crippen LogP contribution in [0.25, 0.3) is 0 Å². The summed E-state index contributed by atoms with van der Waals surface area (Å²) in [5.41, 5.74) is 0.192. The standard InChI is InChI=1S/C10H15O/c1-5-10(4,11)8-6-7-9(2)3/h7,11H,6,8H2,2-4H3. The first-order chi connectivity index (χ1) is 4.98. The van der Waals surface area contributed by atoms with E-state index in [2.05, 4.69) is 5.92 Å². The third kappa shape index (κ3) is 5.69. The lowest BCUT2D eigenvalue weighted by Crippen LogP contribution is -2.20. The van der Waals surface area contributed by atoms with E-state index in [4.69, 9.17) is 6.42 Å². The van der Waals surface area contributed by atoms with Crippen molar-refractivity contribution >= 4 is 0 Å². The molecule has 0 saturated carbocycles. The molecule has 0 saturated heterocycles. The second-order valence-corrected chi connectivity index (χ2v) is 3.22. The van der Waals surface area contributed by atoms with E-state index in [9.17, 15) is 5.11 Å². The SMILES string of the molecule is [C]#CC(C)(O)CCC=C(C)C. The van der Waals surface area contributed by atoms with Crippen molar-refractivity contribution < 1.29 is 5.11 Å². The maximum Gasteiger partial charge on any atom is 0.124 e. The molecule has 0 amide bonds. The van der Waals surface area contributed by atoms with E-state index in [1.807, 2.05) is 19.9 Å². The molecule has 0 aliphatic rings. The van der Waals surface area contributed by atoms with Gasteiger partial charge in [0, 0.05) is 0 Å². The van der Waals surface area contributed by atoms with Gasteiger partial charge in [0.1, 0.15) is 5.60 Å². The molecule has 0 spiro atoms. The highest BCUT2D eigenvalue weighted by Crippen LogP contribution is 2.11. The second-order valence-electron chi connectivity index (χ2n) is 3.22. The Morgan fingerprint density at radius 2 is 2.18 bits per heavy atom. The first-order valence-corrected chi connectivity index (χ1v) is 3.77. The highest BCUT2D eigenvalue weighted by molar-refractivity contribution is 5.02. The fourth-order valence-electron chi connectivity index (χ4n) is 0.704. The Bertz CT molecular complexity index is 178. The summed E-state index contributed by atoms with van der Waals surface area (Å²) in [6.07, 6.45) is 10.2. The van der Waals surface area contributed by atoms with Crippen LogP contribution in [0.3, 0.4) is 0 Å². The molecule has 1 N–H and O–H groups in total. The summed E-state index contributed by atoms with van der Waals surface area (Å²) in [4.78, 5) is 0. The Labute approximate surface area is 69.1 Å². The highest BCUT2D eigenvalue weighted by atomic mass is 16.3. The van der Waals surface area contributed by atoms with Crippen LogP contribution >= 0.6 is 0 Å². The van der Waals surface area contributed by atoms with E-state index in [1.165, 1.54) is 5.57 Å². The Kier molecular flexibility index (Phi) is 3.92. The van der Waals surface area contributed by atoms with Crippen LogP contribution in [-0.4, -0.2) is 10.7 Å². The summed E-state index contributed by atoms with van der Waals surface area (Å²) in [7, 11) is 0. The van der Waals surface area contributed by atoms with E-state index >= 15 is 0 Å². The molecule has 0 rings (SSSR count). The lowest BCUT2D eigenvalue weighted by molar-refractivity contribution is 0.113. The quantitative estimate of drug-likeness (QED) is 0.483. The van der Waals surface area contributed by atoms with Crippen LogP contribution in [0, 0.1) is 12.3 Å². The molecule has 0 bridgehead atoms. The third-order valence-electron chi connectivity index (χ3n) is 1.45. The maximum atomic E-state index is 9.31. The van der Waals surface area contributed by atoms with Crippen molar-refractivity contribution in [1.29, 1.82) is 0 Å². The van der Waals surface area contributed by atoms with Crippen molar-refractivity contribution in [1.82, 2.24) is 0 Å². The minimum Gasteiger partial charge on any atom is -0.378 e. The van der Waals surface area contributed by atoms with Gasteiger partial charge in [0.2, 0.25) is 0 Å². The first-order valence-electron chi connectivity index (χ1n) is 3.77. The van der Waals surface area contributed by atoms with Crippen molar-refractivity contribution in [3.63, 3.8) is 0 Å². The molecule has 1 heteroatoms. The average molecular weight is 151 g/mol. The van der Waals surface area contributed by atoms with Gasteiger partial charge in [-0.05, 0) is 40.0 Å². The largest absolute Gasteiger partial charge is 0.378 e. The predicted octanol–water partition coefficient (Wildman–Crippen LogP) is 2.07. The lowest BCUT2D eigenvalue weighted by atomic mass is 10.0. The van der Waals surface area contributed by atoms with E-state index < -0.39 is 5.60 Å². The molecule has 0 heterocycles. The minimum atomic E-state index is -1.05. The zero-order valence-corrected chi connectivity index (χ0v) is 7.44. The highest BCUT2D eigenvalue weighted by Gasteiger charge is 2.14. The molecular formula is C10H15O. The second kappa shape index (κ2) is 4.20. The van der Waals surface area contributed by atoms with Crippen LogP contribution in [0.5, 0.6) is 0 Å². The van der Waals surface area contributed by atoms with Gasteiger partial charge in [-0.1, -0.05) is 17.6 Å². The smallest absolute Gasteiger partial charge is 0.124 e. The molecule has 0 fully saturated rings. The van der Waals surface area contributed by atoms with Crippen molar-refractivity contribution in [2.75, 3.05) is 0 Å². The van der Waals surface area contributed by atoms with Gasteiger partial charge in [-0.15, -0.1) is 0 Å². The number of rotatable bonds is 3. The van der Waals surface area contributed by atoms with Crippen LogP contribution in [0.15, 0.2) is 11.6 Å². The predicted molar refractivity (Wildman–Crippen MR) is 46.4 cm³/mol. The van der Waals surface area contributed by atoms with E-state index in [0.717, 1.165) is 6.42 Å². The van der Waals surface area contributed by atoms with E-state index in [1.54, 1.807) is 6.92 Å². The van der Waals surface area contributed by atoms with Gasteiger partial charge in [0.05, 0.1) is 0 Å². The molecule has 61 valence electrons. The summed E-state index contributed by atoms with van der Waals surface area (Å²) in [6, 6.07) is 0. The Balaban J connectivity index is 3.74. The summed E-state index contributed by atoms with van der Waals surface area (Å²) in [6.45, 7) is 5.63. The molecule has 0 aromatic heterocycles. The molecule has 11 heavy (non-hydrogen) atoms. The monoisotopic (exact) mass is 151 g/mol. The zero-order chi connectivity index (χ0) is 8.91. The molecule has 1 nitrogen and oxygen atoms in total. The average Bonchev–Trinajstić information content (AvgIpc) is 1.87. The normalized spacial score (nSPS) is 14.8. The number of allylic oxidation sites excluding steroid dienone is 2. The van der Waals surface area contributed by atoms with Gasteiger partial charge in [-0.3, -0.25) is 0 Å². The Morgan fingerprint density at radius 1 is 1.64 bits per heavy atom. The van der Waals surface area contributed by atoms with Gasteiger partial charge in [-0.25, -0.2) is 0 Å². The van der Waals surface area contributed by atoms with Crippen LogP contribution in [0.2, 0.25) is 0 Å². The van der Waals surface area contributed by atoms with Gasteiger partial charge in [0.25, 0.3) is 0 Å². The molecule has 1 unspecified atom stereocenters. The fourth-order valence-corrected chi connectivity index (χ4v) is 0.704. The third-order valence-corrected chi connectivity index (χ3v) is 1.45. The fraction of sp³-hybridized carbons (Fsp3) is 0.600. The van der Waals surface area contributed by atoms with Crippen molar-refractivity contribution in [2.24, 2.45) is 0 Å². The summed E-state index contributed by atoms with van der Waals surface area (Å²) in [5.74, 6) is 2.09. The van der Waals surface area contributed by atoms with Crippen molar-refractivity contribution in [3.05, 3.63) is 18.1 Å². The number of hydrogen-bond donors (Lipinski definition) is 1. The summed E-state index contributed by atoms with van der Waals surface area (Å²) < 4.78 is 0. The van der Waals surface area contributed by atoms with Crippen LogP contribution in [0.4, 0.5) is 0 Å². The maximum absolute atomic E-state index is 9.31. The first kappa shape index (κ1) is 10.3. The molecule has 0 aliphatic heterocycles. The molecule has 1 radical (unpaired) electrons. The van der Waals surface area contributed by atoms with Crippen LogP contribution in [0.1, 0.15) is 33.6 Å². The number of aliphatic hydroxyl groups is 1. The zero-order valence-electron chi connectivity index (χ0n) is 7.44. The molecular weight excluding hydrogens is 136 g/mol. The summed E-state index contributed by atoms with van der Waals surface area (Å²) in [5, 5.41) is 9.31. The van der Waals surface area contributed by atoms with Crippen molar-refractivity contribution in [3.8, 4) is 5.92 Å². The molecule has 0 aliphatic carbocycles. The molecule has 1 atom stereocenters. The minimum absolute atomic E-state index is 0.571. The Hall–Kier alpha value is -0.740. The summed E-state index contributed by atoms with van der Waals surface area (Å²) >= 11 is 0. The van der Waals surface area contributed by atoms with E-state index in [-0.39, 0.29) is 0 Å². The van der Waals surface area contributed by atoms with Gasteiger partial charge in [0.15, 0.2) is 0 Å². The van der Waals surface area contributed by atoms with Gasteiger partial charge in [-0.2, -0.15) is 0 Å². The molecule has 0 aromatic carbocycles. The topological polar surface area (TPSA) is 20.2 Å². The van der Waals surface area contributed by atoms with Crippen LogP contribution < -0.4 is 0 Å².